The molecule has 1 aromatic carbocycles. The lowest BCUT2D eigenvalue weighted by molar-refractivity contribution is -0.145. The monoisotopic (exact) mass is 539 g/mol. The number of phenolic OH excluding ortho intramolecular Hbond substituents is 2. The first-order valence-electron chi connectivity index (χ1n) is 13.0. The van der Waals surface area contributed by atoms with Crippen LogP contribution in [-0.2, 0) is 30.2 Å². The van der Waals surface area contributed by atoms with Gasteiger partial charge in [-0.1, -0.05) is 6.07 Å². The molecular weight excluding hydrogens is 498 g/mol. The number of hydrogen-bond donors (Lipinski definition) is 5. The Bertz CT molecular complexity index is 880. The Labute approximate surface area is 223 Å². The lowest BCUT2D eigenvalue weighted by atomic mass is 10.1. The molecule has 38 heavy (non-hydrogen) atoms. The zero-order valence-corrected chi connectivity index (χ0v) is 22.3. The molecule has 0 radical (unpaired) electrons. The van der Waals surface area contributed by atoms with Crippen molar-refractivity contribution in [3.05, 3.63) is 23.8 Å². The highest BCUT2D eigenvalue weighted by Gasteiger charge is 2.21. The number of alkyl carbamates (subject to hydrolysis) is 1. The van der Waals surface area contributed by atoms with Crippen molar-refractivity contribution in [2.75, 3.05) is 32.9 Å². The number of nitrogens with one attached hydrogen (secondary N) is 3. The molecule has 0 aliphatic rings. The summed E-state index contributed by atoms with van der Waals surface area (Å²) in [5, 5.41) is 26.8. The summed E-state index contributed by atoms with van der Waals surface area (Å²) in [6, 6.07) is 3.04. The van der Waals surface area contributed by atoms with Crippen LogP contribution in [0.15, 0.2) is 18.2 Å². The van der Waals surface area contributed by atoms with Crippen molar-refractivity contribution in [1.82, 2.24) is 16.0 Å². The normalized spacial score (nSPS) is 11.2. The van der Waals surface area contributed by atoms with E-state index in [9.17, 15) is 29.4 Å². The lowest BCUT2D eigenvalue weighted by Crippen LogP contribution is -2.47. The number of ether oxygens (including phenoxy) is 3. The molecular formula is C26H41N3O9. The van der Waals surface area contributed by atoms with Gasteiger partial charge in [-0.2, -0.15) is 0 Å². The minimum atomic E-state index is -0.839. The smallest absolute Gasteiger partial charge is 0.407 e. The number of carbonyl (C=O) groups excluding carboxylic acids is 4. The van der Waals surface area contributed by atoms with Gasteiger partial charge in [-0.25, -0.2) is 14.4 Å². The summed E-state index contributed by atoms with van der Waals surface area (Å²) in [6.07, 6.45) is 3.77. The number of carbonyl (C=O) groups is 4. The molecule has 0 fully saturated rings. The quantitative estimate of drug-likeness (QED) is 0.0813. The number of unbranched alkanes of at least 4 members (excludes halogenated alkanes) is 3. The highest BCUT2D eigenvalue weighted by Crippen LogP contribution is 2.24. The summed E-state index contributed by atoms with van der Waals surface area (Å²) >= 11 is 0. The maximum Gasteiger partial charge on any atom is 0.407 e. The Balaban J connectivity index is 2.24. The average Bonchev–Trinajstić information content (AvgIpc) is 2.87. The van der Waals surface area contributed by atoms with E-state index in [1.54, 1.807) is 19.9 Å². The predicted molar refractivity (Wildman–Crippen MR) is 139 cm³/mol. The van der Waals surface area contributed by atoms with Crippen LogP contribution in [0.4, 0.5) is 9.59 Å². The number of hydrogen-bond acceptors (Lipinski definition) is 9. The molecule has 1 aromatic rings. The van der Waals surface area contributed by atoms with Crippen LogP contribution in [0.3, 0.4) is 0 Å². The van der Waals surface area contributed by atoms with Gasteiger partial charge in [0.15, 0.2) is 11.5 Å². The van der Waals surface area contributed by atoms with Crippen LogP contribution in [0, 0.1) is 0 Å². The third-order valence-corrected chi connectivity index (χ3v) is 5.37. The van der Waals surface area contributed by atoms with E-state index in [4.69, 9.17) is 14.2 Å². The van der Waals surface area contributed by atoms with E-state index >= 15 is 0 Å². The molecule has 0 spiro atoms. The zero-order chi connectivity index (χ0) is 28.2. The summed E-state index contributed by atoms with van der Waals surface area (Å²) in [6.45, 7) is 4.85. The molecule has 214 valence electrons. The number of rotatable bonds is 18. The van der Waals surface area contributed by atoms with Crippen LogP contribution in [0.5, 0.6) is 11.5 Å². The van der Waals surface area contributed by atoms with Crippen molar-refractivity contribution in [3.63, 3.8) is 0 Å². The Morgan fingerprint density at radius 2 is 1.61 bits per heavy atom. The second-order valence-electron chi connectivity index (χ2n) is 8.45. The second kappa shape index (κ2) is 19.4. The molecule has 0 aliphatic heterocycles. The standard InChI is InChI=1S/C26H41N3O9/c1-3-36-23(32)11-6-5-9-17-38-26(35)28-15-8-7-10-20(24(33)37-4-2)29-25(34)27-16-14-19-12-13-21(30)22(31)18-19/h12-13,18,20,30-31H,3-11,14-17H2,1-2H3,(H,28,35)(H2,27,29,34). The summed E-state index contributed by atoms with van der Waals surface area (Å²) in [5.74, 6) is -1.22. The molecule has 0 bridgehead atoms. The minimum Gasteiger partial charge on any atom is -0.504 e. The van der Waals surface area contributed by atoms with Crippen LogP contribution < -0.4 is 16.0 Å². The van der Waals surface area contributed by atoms with Crippen LogP contribution >= 0.6 is 0 Å². The Kier molecular flexibility index (Phi) is 16.5. The van der Waals surface area contributed by atoms with E-state index in [1.807, 2.05) is 0 Å². The maximum atomic E-state index is 12.3. The van der Waals surface area contributed by atoms with Crippen molar-refractivity contribution >= 4 is 24.1 Å². The molecule has 0 heterocycles. The van der Waals surface area contributed by atoms with Crippen molar-refractivity contribution in [3.8, 4) is 11.5 Å². The molecule has 1 rings (SSSR count). The van der Waals surface area contributed by atoms with Crippen molar-refractivity contribution < 1.29 is 43.6 Å². The van der Waals surface area contributed by atoms with E-state index in [0.29, 0.717) is 58.1 Å². The number of esters is 2. The number of benzene rings is 1. The van der Waals surface area contributed by atoms with Crippen molar-refractivity contribution in [2.45, 2.75) is 71.3 Å². The highest BCUT2D eigenvalue weighted by molar-refractivity contribution is 5.83. The predicted octanol–water partition coefficient (Wildman–Crippen LogP) is 2.89. The van der Waals surface area contributed by atoms with Gasteiger partial charge in [0.2, 0.25) is 0 Å². The largest absolute Gasteiger partial charge is 0.504 e. The number of aromatic hydroxyl groups is 2. The molecule has 3 amide bonds. The Morgan fingerprint density at radius 3 is 2.32 bits per heavy atom. The van der Waals surface area contributed by atoms with Crippen LogP contribution in [0.2, 0.25) is 0 Å². The van der Waals surface area contributed by atoms with Gasteiger partial charge in [-0.05, 0) is 76.5 Å². The van der Waals surface area contributed by atoms with Crippen LogP contribution in [0.1, 0.15) is 64.4 Å². The molecule has 12 heteroatoms. The van der Waals surface area contributed by atoms with E-state index in [2.05, 4.69) is 16.0 Å². The van der Waals surface area contributed by atoms with Gasteiger partial charge in [0.05, 0.1) is 19.8 Å². The first-order chi connectivity index (χ1) is 18.3. The SMILES string of the molecule is CCOC(=O)CCCCCOC(=O)NCCCCC(NC(=O)NCCc1ccc(O)c(O)c1)C(=O)OCC. The average molecular weight is 540 g/mol. The van der Waals surface area contributed by atoms with E-state index in [0.717, 1.165) is 12.0 Å². The molecule has 1 atom stereocenters. The molecule has 0 saturated carbocycles. The van der Waals surface area contributed by atoms with Gasteiger partial charge in [0, 0.05) is 19.5 Å². The van der Waals surface area contributed by atoms with E-state index < -0.39 is 24.1 Å². The molecule has 5 N–H and O–H groups in total. The summed E-state index contributed by atoms with van der Waals surface area (Å²) in [7, 11) is 0. The van der Waals surface area contributed by atoms with Crippen LogP contribution in [-0.4, -0.2) is 73.2 Å². The third kappa shape index (κ3) is 14.8. The number of amides is 3. The van der Waals surface area contributed by atoms with Gasteiger partial charge in [-0.15, -0.1) is 0 Å². The van der Waals surface area contributed by atoms with Gasteiger partial charge < -0.3 is 40.4 Å². The lowest BCUT2D eigenvalue weighted by Gasteiger charge is -2.18. The summed E-state index contributed by atoms with van der Waals surface area (Å²) < 4.78 is 15.0. The Morgan fingerprint density at radius 1 is 0.842 bits per heavy atom. The van der Waals surface area contributed by atoms with Gasteiger partial charge in [0.1, 0.15) is 6.04 Å². The fourth-order valence-corrected chi connectivity index (χ4v) is 3.41. The summed E-state index contributed by atoms with van der Waals surface area (Å²) in [4.78, 5) is 47.5. The molecule has 0 saturated heterocycles. The van der Waals surface area contributed by atoms with Gasteiger partial charge in [0.25, 0.3) is 0 Å². The zero-order valence-electron chi connectivity index (χ0n) is 22.3. The van der Waals surface area contributed by atoms with E-state index in [1.165, 1.54) is 12.1 Å². The van der Waals surface area contributed by atoms with E-state index in [-0.39, 0.29) is 37.2 Å². The van der Waals surface area contributed by atoms with Gasteiger partial charge >= 0.3 is 24.1 Å². The van der Waals surface area contributed by atoms with Crippen LogP contribution in [0.25, 0.3) is 0 Å². The maximum absolute atomic E-state index is 12.3. The van der Waals surface area contributed by atoms with Crippen molar-refractivity contribution in [2.24, 2.45) is 0 Å². The summed E-state index contributed by atoms with van der Waals surface area (Å²) in [5.41, 5.74) is 0.725. The number of urea groups is 1. The topological polar surface area (TPSA) is 173 Å². The first kappa shape index (κ1) is 32.3. The minimum absolute atomic E-state index is 0.180. The highest BCUT2D eigenvalue weighted by atomic mass is 16.5. The Hall–Kier alpha value is -3.70. The second-order valence-corrected chi connectivity index (χ2v) is 8.45. The fraction of sp³-hybridized carbons (Fsp3) is 0.615. The molecule has 1 unspecified atom stereocenters. The molecule has 0 aromatic heterocycles. The van der Waals surface area contributed by atoms with Crippen molar-refractivity contribution in [1.29, 1.82) is 0 Å². The van der Waals surface area contributed by atoms with Gasteiger partial charge in [-0.3, -0.25) is 4.79 Å². The first-order valence-corrected chi connectivity index (χ1v) is 13.0. The molecule has 0 aliphatic carbocycles. The third-order valence-electron chi connectivity index (χ3n) is 5.37. The fourth-order valence-electron chi connectivity index (χ4n) is 3.41. The molecule has 12 nitrogen and oxygen atoms in total. The number of phenols is 2.